The Morgan fingerprint density at radius 3 is 2.85 bits per heavy atom. The van der Waals surface area contributed by atoms with Gasteiger partial charge in [-0.2, -0.15) is 0 Å². The van der Waals surface area contributed by atoms with Crippen molar-refractivity contribution in [3.05, 3.63) is 69.6 Å². The number of aromatic nitrogens is 6. The molecule has 2 amide bonds. The fraction of sp³-hybridized carbons (Fsp3) is 0.364. The summed E-state index contributed by atoms with van der Waals surface area (Å²) in [4.78, 5) is 39.0. The lowest BCUT2D eigenvalue weighted by atomic mass is 9.92. The Labute approximate surface area is 280 Å². The van der Waals surface area contributed by atoms with Gasteiger partial charge >= 0.3 is 0 Å². The van der Waals surface area contributed by atoms with Crippen molar-refractivity contribution in [2.24, 2.45) is 5.92 Å². The maximum Gasteiger partial charge on any atom is 0.266 e. The van der Waals surface area contributed by atoms with E-state index in [2.05, 4.69) is 36.2 Å². The molecule has 4 heterocycles. The number of carbonyl (C=O) groups excluding carboxylic acids is 2. The zero-order valence-corrected chi connectivity index (χ0v) is 27.5. The lowest BCUT2D eigenvalue weighted by molar-refractivity contribution is -0.117. The monoisotopic (exact) mass is 671 g/mol. The van der Waals surface area contributed by atoms with E-state index in [0.717, 1.165) is 72.1 Å². The summed E-state index contributed by atoms with van der Waals surface area (Å²) >= 11 is 7.49. The van der Waals surface area contributed by atoms with E-state index in [1.54, 1.807) is 25.4 Å². The molecule has 1 aromatic carbocycles. The number of fused-ring (bicyclic) bond motifs is 2. The number of halogens is 1. The molecule has 1 saturated carbocycles. The van der Waals surface area contributed by atoms with Crippen LogP contribution < -0.4 is 20.7 Å². The topological polar surface area (TPSA) is 149 Å². The molecule has 0 saturated heterocycles. The van der Waals surface area contributed by atoms with Gasteiger partial charge in [0.05, 0.1) is 24.4 Å². The number of hydrogen-bond acceptors (Lipinski definition) is 10. The summed E-state index contributed by atoms with van der Waals surface area (Å²) in [5.41, 5.74) is 6.01. The maximum atomic E-state index is 12.6. The van der Waals surface area contributed by atoms with Crippen LogP contribution in [0, 0.1) is 5.92 Å². The molecule has 4 aromatic heterocycles. The van der Waals surface area contributed by atoms with Crippen LogP contribution in [0.15, 0.2) is 42.7 Å². The Morgan fingerprint density at radius 1 is 1.13 bits per heavy atom. The van der Waals surface area contributed by atoms with E-state index in [1.165, 1.54) is 16.9 Å². The van der Waals surface area contributed by atoms with Crippen molar-refractivity contribution >= 4 is 57.2 Å². The Balaban J connectivity index is 0.975. The molecule has 14 heteroatoms. The summed E-state index contributed by atoms with van der Waals surface area (Å²) in [6.45, 7) is 1.57. The van der Waals surface area contributed by atoms with Crippen LogP contribution in [0.5, 0.6) is 5.88 Å². The average Bonchev–Trinajstić information content (AvgIpc) is 3.71. The fourth-order valence-corrected chi connectivity index (χ4v) is 6.82. The van der Waals surface area contributed by atoms with E-state index in [4.69, 9.17) is 21.3 Å². The first-order valence-corrected chi connectivity index (χ1v) is 17.0. The number of amides is 2. The fourth-order valence-electron chi connectivity index (χ4n) is 5.70. The third-order valence-electron chi connectivity index (χ3n) is 8.29. The van der Waals surface area contributed by atoms with Crippen LogP contribution in [0.25, 0.3) is 21.5 Å². The summed E-state index contributed by atoms with van der Waals surface area (Å²) in [6.07, 6.45) is 10.1. The van der Waals surface area contributed by atoms with Crippen LogP contribution in [0.1, 0.15) is 52.3 Å². The van der Waals surface area contributed by atoms with Crippen molar-refractivity contribution in [1.82, 2.24) is 35.3 Å². The van der Waals surface area contributed by atoms with Crippen molar-refractivity contribution < 1.29 is 14.3 Å². The van der Waals surface area contributed by atoms with Crippen LogP contribution in [-0.4, -0.2) is 62.0 Å². The van der Waals surface area contributed by atoms with Crippen molar-refractivity contribution in [3.63, 3.8) is 0 Å². The number of carbonyl (C=O) groups is 2. The minimum atomic E-state index is -0.287. The molecule has 5 aromatic rings. The zero-order valence-electron chi connectivity index (χ0n) is 25.9. The number of aryl methyl sites for hydroxylation is 1. The molecule has 0 radical (unpaired) electrons. The molecule has 2 aliphatic carbocycles. The molecular weight excluding hydrogens is 638 g/mol. The number of rotatable bonds is 12. The summed E-state index contributed by atoms with van der Waals surface area (Å²) < 4.78 is 7.81. The highest BCUT2D eigenvalue weighted by Crippen LogP contribution is 2.36. The largest absolute Gasteiger partial charge is 0.476 e. The van der Waals surface area contributed by atoms with Gasteiger partial charge in [-0.25, -0.2) is 9.97 Å². The highest BCUT2D eigenvalue weighted by Gasteiger charge is 2.30. The number of hydrogen-bond donors (Lipinski definition) is 3. The van der Waals surface area contributed by atoms with Gasteiger partial charge in [-0.05, 0) is 74.4 Å². The van der Waals surface area contributed by atoms with Gasteiger partial charge in [0.25, 0.3) is 5.91 Å². The minimum absolute atomic E-state index is 0.0243. The molecule has 2 aliphatic rings. The second-order valence-electron chi connectivity index (χ2n) is 11.7. The quantitative estimate of drug-likeness (QED) is 0.160. The number of pyridine rings is 2. The van der Waals surface area contributed by atoms with Crippen LogP contribution >= 0.6 is 22.9 Å². The van der Waals surface area contributed by atoms with Crippen molar-refractivity contribution in [1.29, 1.82) is 0 Å². The van der Waals surface area contributed by atoms with Gasteiger partial charge in [0.2, 0.25) is 11.8 Å². The highest BCUT2D eigenvalue weighted by atomic mass is 35.5. The van der Waals surface area contributed by atoms with Gasteiger partial charge in [-0.3, -0.25) is 19.3 Å². The molecule has 47 heavy (non-hydrogen) atoms. The Hall–Kier alpha value is -4.62. The van der Waals surface area contributed by atoms with E-state index >= 15 is 0 Å². The van der Waals surface area contributed by atoms with Gasteiger partial charge in [0.1, 0.15) is 10.8 Å². The molecule has 0 spiro atoms. The number of anilines is 2. The molecule has 0 atom stereocenters. The van der Waals surface area contributed by atoms with Gasteiger partial charge < -0.3 is 20.7 Å². The zero-order chi connectivity index (χ0) is 32.3. The van der Waals surface area contributed by atoms with Gasteiger partial charge in [0, 0.05) is 65.7 Å². The first-order chi connectivity index (χ1) is 22.9. The van der Waals surface area contributed by atoms with E-state index in [1.807, 2.05) is 29.1 Å². The Morgan fingerprint density at radius 2 is 2.00 bits per heavy atom. The van der Waals surface area contributed by atoms with Crippen LogP contribution in [-0.2, 0) is 30.6 Å². The van der Waals surface area contributed by atoms with Crippen molar-refractivity contribution in [2.75, 3.05) is 30.8 Å². The standard InChI is InChI=1S/C33H34ClN9O3S/c1-35-31(45)29-32(40-33(47-29)20-10-12-36-27(16-20)39-30(44)19-6-7-19)46-15-11-22-18-43(42-41-22)14-13-37-28-23-4-2-3-5-25(23)38-26-17-21(34)8-9-24(26)28/h8-10,12,16-19H,2-7,11,13-15H2,1H3,(H,35,45)(H,37,38)(H,36,39,44). The maximum absolute atomic E-state index is 12.6. The lowest BCUT2D eigenvalue weighted by Crippen LogP contribution is -2.17. The number of nitrogens with one attached hydrogen (secondary N) is 3. The molecule has 0 unspecified atom stereocenters. The summed E-state index contributed by atoms with van der Waals surface area (Å²) in [5, 5.41) is 20.1. The van der Waals surface area contributed by atoms with E-state index in [9.17, 15) is 9.59 Å². The second-order valence-corrected chi connectivity index (χ2v) is 13.1. The molecule has 0 aliphatic heterocycles. The molecule has 3 N–H and O–H groups in total. The minimum Gasteiger partial charge on any atom is -0.476 e. The van der Waals surface area contributed by atoms with Crippen molar-refractivity contribution in [3.8, 4) is 16.5 Å². The Bertz CT molecular complexity index is 1960. The van der Waals surface area contributed by atoms with E-state index in [0.29, 0.717) is 40.2 Å². The number of thiazole rings is 1. The average molecular weight is 672 g/mol. The Kier molecular flexibility index (Phi) is 8.99. The highest BCUT2D eigenvalue weighted by molar-refractivity contribution is 7.17. The van der Waals surface area contributed by atoms with Gasteiger partial charge in [-0.1, -0.05) is 16.8 Å². The number of nitrogens with zero attached hydrogens (tertiary/aromatic N) is 6. The summed E-state index contributed by atoms with van der Waals surface area (Å²) in [5.74, 6) is 0.455. The summed E-state index contributed by atoms with van der Waals surface area (Å²) in [6, 6.07) is 9.43. The molecule has 1 fully saturated rings. The van der Waals surface area contributed by atoms with E-state index in [-0.39, 0.29) is 30.2 Å². The van der Waals surface area contributed by atoms with Gasteiger partial charge in [0.15, 0.2) is 4.88 Å². The first-order valence-electron chi connectivity index (χ1n) is 15.8. The summed E-state index contributed by atoms with van der Waals surface area (Å²) in [7, 11) is 1.57. The number of ether oxygens (including phenoxy) is 1. The van der Waals surface area contributed by atoms with Crippen molar-refractivity contribution in [2.45, 2.75) is 51.5 Å². The predicted molar refractivity (Wildman–Crippen MR) is 181 cm³/mol. The van der Waals surface area contributed by atoms with Crippen LogP contribution in [0.4, 0.5) is 11.5 Å². The normalized spacial score (nSPS) is 14.1. The van der Waals surface area contributed by atoms with Gasteiger partial charge in [-0.15, -0.1) is 16.4 Å². The second kappa shape index (κ2) is 13.6. The van der Waals surface area contributed by atoms with Crippen LogP contribution in [0.3, 0.4) is 0 Å². The predicted octanol–water partition coefficient (Wildman–Crippen LogP) is 5.32. The van der Waals surface area contributed by atoms with E-state index < -0.39 is 0 Å². The molecule has 7 rings (SSSR count). The third-order valence-corrected chi connectivity index (χ3v) is 9.61. The molecular formula is C33H34ClN9O3S. The molecule has 12 nitrogen and oxygen atoms in total. The molecule has 0 bridgehead atoms. The molecule has 242 valence electrons. The number of benzene rings is 1. The lowest BCUT2D eigenvalue weighted by Gasteiger charge is -2.21. The first kappa shape index (κ1) is 31.0. The SMILES string of the molecule is CNC(=O)c1sc(-c2ccnc(NC(=O)C3CC3)c2)nc1OCCc1cn(CCNc2c3c(nc4cc(Cl)ccc24)CCCC3)nn1. The smallest absolute Gasteiger partial charge is 0.266 e. The third kappa shape index (κ3) is 7.05. The van der Waals surface area contributed by atoms with Crippen LogP contribution in [0.2, 0.25) is 5.02 Å².